The number of fused-ring (bicyclic) bond motifs is 3. The van der Waals surface area contributed by atoms with Crippen LogP contribution in [0.2, 0.25) is 0 Å². The first-order valence-electron chi connectivity index (χ1n) is 5.48. The average Bonchev–Trinajstić information content (AvgIpc) is 2.69. The van der Waals surface area contributed by atoms with E-state index in [9.17, 15) is 5.26 Å². The minimum absolute atomic E-state index is 0.282. The van der Waals surface area contributed by atoms with Crippen LogP contribution in [0.3, 0.4) is 0 Å². The molecule has 17 heavy (non-hydrogen) atoms. The van der Waals surface area contributed by atoms with Gasteiger partial charge < -0.3 is 0 Å². The summed E-state index contributed by atoms with van der Waals surface area (Å²) in [6.45, 7) is 3.84. The Bertz CT molecular complexity index is 655. The fraction of sp³-hybridized carbons (Fsp3) is 0.231. The maximum absolute atomic E-state index is 9.36. The smallest absolute Gasteiger partial charge is 0.191 e. The standard InChI is InChI=1S/C13H11N4/c1-8-12-10-5-3-4-6-17(10)11(7-14)13(12)9(2)16-15-8/h3-6,11H,1-2H3/q+1. The molecule has 3 rings (SSSR count). The molecular weight excluding hydrogens is 212 g/mol. The average molecular weight is 223 g/mol. The van der Waals surface area contributed by atoms with E-state index < -0.39 is 0 Å². The molecule has 0 amide bonds. The predicted molar refractivity (Wildman–Crippen MR) is 60.9 cm³/mol. The van der Waals surface area contributed by atoms with Gasteiger partial charge in [0.25, 0.3) is 6.04 Å². The summed E-state index contributed by atoms with van der Waals surface area (Å²) < 4.78 is 1.98. The topological polar surface area (TPSA) is 53.5 Å². The van der Waals surface area contributed by atoms with E-state index >= 15 is 0 Å². The van der Waals surface area contributed by atoms with Crippen molar-refractivity contribution >= 4 is 0 Å². The van der Waals surface area contributed by atoms with E-state index in [1.807, 2.05) is 42.8 Å². The van der Waals surface area contributed by atoms with Gasteiger partial charge in [0.2, 0.25) is 5.69 Å². The first kappa shape index (κ1) is 9.91. The molecule has 0 bridgehead atoms. The zero-order valence-corrected chi connectivity index (χ0v) is 9.68. The normalized spacial score (nSPS) is 16.2. The van der Waals surface area contributed by atoms with Crippen molar-refractivity contribution in [2.75, 3.05) is 0 Å². The third-order valence-corrected chi connectivity index (χ3v) is 3.19. The Morgan fingerprint density at radius 3 is 2.76 bits per heavy atom. The Kier molecular flexibility index (Phi) is 1.96. The summed E-state index contributed by atoms with van der Waals surface area (Å²) in [6.07, 6.45) is 1.93. The van der Waals surface area contributed by atoms with Crippen molar-refractivity contribution in [3.63, 3.8) is 0 Å². The molecule has 1 aliphatic rings. The number of nitriles is 1. The third-order valence-electron chi connectivity index (χ3n) is 3.19. The first-order valence-corrected chi connectivity index (χ1v) is 5.48. The van der Waals surface area contributed by atoms with Crippen LogP contribution in [0.4, 0.5) is 0 Å². The van der Waals surface area contributed by atoms with Crippen LogP contribution in [0.25, 0.3) is 11.3 Å². The molecule has 4 heteroatoms. The van der Waals surface area contributed by atoms with Gasteiger partial charge in [0.15, 0.2) is 6.20 Å². The maximum atomic E-state index is 9.36. The predicted octanol–water partition coefficient (Wildman–Crippen LogP) is 1.47. The molecule has 1 atom stereocenters. The Morgan fingerprint density at radius 1 is 1.24 bits per heavy atom. The highest BCUT2D eigenvalue weighted by molar-refractivity contribution is 5.68. The van der Waals surface area contributed by atoms with Crippen LogP contribution in [0.5, 0.6) is 0 Å². The summed E-state index contributed by atoms with van der Waals surface area (Å²) in [5.74, 6) is 0. The van der Waals surface area contributed by atoms with Gasteiger partial charge in [-0.05, 0) is 19.9 Å². The van der Waals surface area contributed by atoms with Crippen LogP contribution in [0, 0.1) is 25.2 Å². The molecule has 82 valence electrons. The molecule has 3 heterocycles. The van der Waals surface area contributed by atoms with Crippen LogP contribution >= 0.6 is 0 Å². The summed E-state index contributed by atoms with van der Waals surface area (Å²) >= 11 is 0. The van der Waals surface area contributed by atoms with Gasteiger partial charge in [0.05, 0.1) is 22.5 Å². The van der Waals surface area contributed by atoms with Gasteiger partial charge in [0, 0.05) is 12.1 Å². The van der Waals surface area contributed by atoms with Crippen molar-refractivity contribution in [1.29, 1.82) is 5.26 Å². The van der Waals surface area contributed by atoms with Crippen molar-refractivity contribution in [1.82, 2.24) is 10.2 Å². The van der Waals surface area contributed by atoms with E-state index in [0.29, 0.717) is 0 Å². The summed E-state index contributed by atoms with van der Waals surface area (Å²) in [7, 11) is 0. The van der Waals surface area contributed by atoms with Crippen molar-refractivity contribution in [3.8, 4) is 17.3 Å². The summed E-state index contributed by atoms with van der Waals surface area (Å²) in [5, 5.41) is 17.6. The van der Waals surface area contributed by atoms with E-state index in [-0.39, 0.29) is 6.04 Å². The van der Waals surface area contributed by atoms with Crippen LogP contribution in [0.15, 0.2) is 24.4 Å². The molecule has 1 aliphatic heterocycles. The number of hydrogen-bond acceptors (Lipinski definition) is 3. The summed E-state index contributed by atoms with van der Waals surface area (Å²) in [5.41, 5.74) is 4.81. The number of hydrogen-bond donors (Lipinski definition) is 0. The second-order valence-corrected chi connectivity index (χ2v) is 4.18. The Morgan fingerprint density at radius 2 is 2.00 bits per heavy atom. The largest absolute Gasteiger partial charge is 0.272 e. The Balaban J connectivity index is 2.44. The molecule has 4 nitrogen and oxygen atoms in total. The lowest BCUT2D eigenvalue weighted by atomic mass is 10.0. The molecule has 0 spiro atoms. The van der Waals surface area contributed by atoms with Gasteiger partial charge >= 0.3 is 0 Å². The van der Waals surface area contributed by atoms with E-state index in [1.165, 1.54) is 0 Å². The lowest BCUT2D eigenvalue weighted by Crippen LogP contribution is -2.36. The quantitative estimate of drug-likeness (QED) is 0.635. The fourth-order valence-corrected chi connectivity index (χ4v) is 2.45. The van der Waals surface area contributed by atoms with Crippen LogP contribution in [-0.2, 0) is 0 Å². The van der Waals surface area contributed by atoms with E-state index in [1.54, 1.807) is 0 Å². The monoisotopic (exact) mass is 223 g/mol. The van der Waals surface area contributed by atoms with Gasteiger partial charge in [-0.2, -0.15) is 20.0 Å². The van der Waals surface area contributed by atoms with Crippen LogP contribution in [-0.4, -0.2) is 10.2 Å². The molecule has 2 aromatic rings. The van der Waals surface area contributed by atoms with E-state index in [4.69, 9.17) is 0 Å². The van der Waals surface area contributed by atoms with Gasteiger partial charge in [0.1, 0.15) is 6.07 Å². The zero-order chi connectivity index (χ0) is 12.0. The molecule has 0 aromatic carbocycles. The molecular formula is C13H11N4+. The van der Waals surface area contributed by atoms with Crippen molar-refractivity contribution < 1.29 is 4.57 Å². The van der Waals surface area contributed by atoms with Gasteiger partial charge in [-0.15, -0.1) is 0 Å². The highest BCUT2D eigenvalue weighted by atomic mass is 15.1. The second-order valence-electron chi connectivity index (χ2n) is 4.18. The molecule has 0 fully saturated rings. The van der Waals surface area contributed by atoms with E-state index in [0.717, 1.165) is 28.2 Å². The molecule has 0 saturated heterocycles. The Hall–Kier alpha value is -2.28. The molecule has 0 aliphatic carbocycles. The summed E-state index contributed by atoms with van der Waals surface area (Å²) in [4.78, 5) is 0. The van der Waals surface area contributed by atoms with Gasteiger partial charge in [-0.1, -0.05) is 0 Å². The third kappa shape index (κ3) is 1.19. The number of nitrogens with zero attached hydrogens (tertiary/aromatic N) is 4. The highest BCUT2D eigenvalue weighted by Crippen LogP contribution is 2.35. The van der Waals surface area contributed by atoms with Crippen molar-refractivity contribution in [3.05, 3.63) is 41.3 Å². The van der Waals surface area contributed by atoms with Crippen LogP contribution in [0.1, 0.15) is 23.0 Å². The zero-order valence-electron chi connectivity index (χ0n) is 9.68. The minimum Gasteiger partial charge on any atom is -0.191 e. The van der Waals surface area contributed by atoms with Gasteiger partial charge in [-0.3, -0.25) is 0 Å². The minimum atomic E-state index is -0.282. The maximum Gasteiger partial charge on any atom is 0.272 e. The molecule has 2 aromatic heterocycles. The molecule has 0 N–H and O–H groups in total. The molecule has 0 saturated carbocycles. The molecule has 1 unspecified atom stereocenters. The number of aromatic nitrogens is 3. The lowest BCUT2D eigenvalue weighted by molar-refractivity contribution is -0.685. The fourth-order valence-electron chi connectivity index (χ4n) is 2.45. The summed E-state index contributed by atoms with van der Waals surface area (Å²) in [6, 6.07) is 7.99. The van der Waals surface area contributed by atoms with Crippen LogP contribution < -0.4 is 4.57 Å². The second kappa shape index (κ2) is 3.36. The number of rotatable bonds is 0. The number of pyridine rings is 1. The molecule has 0 radical (unpaired) electrons. The Labute approximate surface area is 99.2 Å². The number of aryl methyl sites for hydroxylation is 2. The van der Waals surface area contributed by atoms with Crippen molar-refractivity contribution in [2.24, 2.45) is 0 Å². The lowest BCUT2D eigenvalue weighted by Gasteiger charge is -2.02. The van der Waals surface area contributed by atoms with Crippen molar-refractivity contribution in [2.45, 2.75) is 19.9 Å². The SMILES string of the molecule is Cc1nnc(C)c2c1-c1cccc[n+]1C2C#N. The first-order chi connectivity index (χ1) is 8.24. The highest BCUT2D eigenvalue weighted by Gasteiger charge is 2.39. The van der Waals surface area contributed by atoms with Gasteiger partial charge in [-0.25, -0.2) is 0 Å². The van der Waals surface area contributed by atoms with E-state index in [2.05, 4.69) is 16.3 Å².